The third-order valence-electron chi connectivity index (χ3n) is 3.11. The summed E-state index contributed by atoms with van der Waals surface area (Å²) in [6.45, 7) is 0. The van der Waals surface area contributed by atoms with Crippen molar-refractivity contribution in [2.24, 2.45) is 0 Å². The maximum atomic E-state index is 11.8. The van der Waals surface area contributed by atoms with Crippen LogP contribution >= 0.6 is 0 Å². The minimum Gasteiger partial charge on any atom is -0.463 e. The van der Waals surface area contributed by atoms with Crippen LogP contribution in [0.2, 0.25) is 0 Å². The number of rotatable bonds is 1. The summed E-state index contributed by atoms with van der Waals surface area (Å²) >= 11 is 0. The van der Waals surface area contributed by atoms with Crippen LogP contribution in [0.4, 0.5) is 0 Å². The highest BCUT2D eigenvalue weighted by Crippen LogP contribution is 2.21. The van der Waals surface area contributed by atoms with E-state index < -0.39 is 5.56 Å². The summed E-state index contributed by atoms with van der Waals surface area (Å²) in [5, 5.41) is 14.0. The van der Waals surface area contributed by atoms with E-state index in [2.05, 4.69) is 10.1 Å². The molecule has 4 aromatic rings. The van der Waals surface area contributed by atoms with Gasteiger partial charge in [-0.25, -0.2) is 9.50 Å². The Hall–Kier alpha value is -3.09. The number of pyridine rings is 1. The molecule has 0 saturated carbocycles. The van der Waals surface area contributed by atoms with Crippen molar-refractivity contribution in [2.75, 3.05) is 0 Å². The molecule has 0 fully saturated rings. The molecule has 20 heavy (non-hydrogen) atoms. The van der Waals surface area contributed by atoms with Gasteiger partial charge in [-0.15, -0.1) is 0 Å². The highest BCUT2D eigenvalue weighted by Gasteiger charge is 2.11. The fourth-order valence-electron chi connectivity index (χ4n) is 2.15. The number of nitrogens with zero attached hydrogens (tertiary/aromatic N) is 4. The first kappa shape index (κ1) is 10.8. The standard InChI is InChI=1S/C13H8N4O3/c18-13-8-7-14-12-6-9(11-2-1-5-20-11)15-17(12)10(8)3-4-16(13)19/h1-7,19H. The topological polar surface area (TPSA) is 85.6 Å². The van der Waals surface area contributed by atoms with Gasteiger partial charge in [-0.1, -0.05) is 0 Å². The molecular formula is C13H8N4O3. The third-order valence-corrected chi connectivity index (χ3v) is 3.11. The second-order valence-electron chi connectivity index (χ2n) is 4.30. The first-order chi connectivity index (χ1) is 9.74. The average molecular weight is 268 g/mol. The molecule has 0 unspecified atom stereocenters. The van der Waals surface area contributed by atoms with E-state index in [1.807, 2.05) is 0 Å². The highest BCUT2D eigenvalue weighted by molar-refractivity contribution is 5.80. The molecule has 7 nitrogen and oxygen atoms in total. The Labute approximate surface area is 111 Å². The summed E-state index contributed by atoms with van der Waals surface area (Å²) in [6.07, 6.45) is 4.26. The van der Waals surface area contributed by atoms with Crippen LogP contribution < -0.4 is 5.56 Å². The molecule has 0 amide bonds. The molecule has 4 heterocycles. The molecule has 98 valence electrons. The lowest BCUT2D eigenvalue weighted by Crippen LogP contribution is -2.17. The molecule has 7 heteroatoms. The minimum atomic E-state index is -0.535. The molecule has 0 saturated heterocycles. The van der Waals surface area contributed by atoms with E-state index in [4.69, 9.17) is 4.42 Å². The van der Waals surface area contributed by atoms with Crippen molar-refractivity contribution in [3.63, 3.8) is 0 Å². The summed E-state index contributed by atoms with van der Waals surface area (Å²) in [5.41, 5.74) is 1.26. The summed E-state index contributed by atoms with van der Waals surface area (Å²) in [4.78, 5) is 16.0. The van der Waals surface area contributed by atoms with Crippen LogP contribution in [0.15, 0.2) is 52.1 Å². The smallest absolute Gasteiger partial charge is 0.293 e. The van der Waals surface area contributed by atoms with Gasteiger partial charge in [0.1, 0.15) is 5.69 Å². The summed E-state index contributed by atoms with van der Waals surface area (Å²) in [5.74, 6) is 0.624. The second kappa shape index (κ2) is 3.70. The van der Waals surface area contributed by atoms with E-state index in [9.17, 15) is 10.0 Å². The Kier molecular flexibility index (Phi) is 2.00. The van der Waals surface area contributed by atoms with Crippen LogP contribution in [0, 0.1) is 0 Å². The van der Waals surface area contributed by atoms with Gasteiger partial charge in [-0.2, -0.15) is 9.83 Å². The molecule has 0 bridgehead atoms. The van der Waals surface area contributed by atoms with Crippen molar-refractivity contribution in [3.05, 3.63) is 53.3 Å². The van der Waals surface area contributed by atoms with Gasteiger partial charge in [0.2, 0.25) is 0 Å². The number of furan rings is 1. The maximum Gasteiger partial charge on any atom is 0.293 e. The zero-order valence-corrected chi connectivity index (χ0v) is 10.1. The number of fused-ring (bicyclic) bond motifs is 3. The summed E-state index contributed by atoms with van der Waals surface area (Å²) in [7, 11) is 0. The molecule has 0 aliphatic rings. The zero-order valence-electron chi connectivity index (χ0n) is 10.1. The van der Waals surface area contributed by atoms with Crippen LogP contribution in [0.3, 0.4) is 0 Å². The molecular weight excluding hydrogens is 260 g/mol. The Morgan fingerprint density at radius 3 is 3.00 bits per heavy atom. The molecule has 0 spiro atoms. The van der Waals surface area contributed by atoms with Crippen molar-refractivity contribution < 1.29 is 9.62 Å². The maximum absolute atomic E-state index is 11.8. The fraction of sp³-hybridized carbons (Fsp3) is 0. The SMILES string of the molecule is O=c1c2cnc3cc(-c4ccco4)nn3c2ccn1O. The summed E-state index contributed by atoms with van der Waals surface area (Å²) < 4.78 is 7.37. The van der Waals surface area contributed by atoms with Gasteiger partial charge in [-0.3, -0.25) is 4.79 Å². The van der Waals surface area contributed by atoms with Gasteiger partial charge in [-0.05, 0) is 18.2 Å². The molecule has 0 radical (unpaired) electrons. The van der Waals surface area contributed by atoms with Crippen molar-refractivity contribution >= 4 is 16.6 Å². The summed E-state index contributed by atoms with van der Waals surface area (Å²) in [6, 6.07) is 6.94. The molecule has 0 atom stereocenters. The Morgan fingerprint density at radius 1 is 1.30 bits per heavy atom. The van der Waals surface area contributed by atoms with Crippen molar-refractivity contribution in [1.29, 1.82) is 0 Å². The van der Waals surface area contributed by atoms with Crippen LogP contribution in [0.25, 0.3) is 28.0 Å². The lowest BCUT2D eigenvalue weighted by Gasteiger charge is -2.01. The zero-order chi connectivity index (χ0) is 13.7. The van der Waals surface area contributed by atoms with Gasteiger partial charge >= 0.3 is 0 Å². The second-order valence-corrected chi connectivity index (χ2v) is 4.30. The van der Waals surface area contributed by atoms with E-state index >= 15 is 0 Å². The van der Waals surface area contributed by atoms with E-state index in [1.165, 1.54) is 12.4 Å². The number of hydrogen-bond acceptors (Lipinski definition) is 5. The van der Waals surface area contributed by atoms with E-state index in [0.29, 0.717) is 27.3 Å². The molecule has 0 aromatic carbocycles. The number of hydrogen-bond donors (Lipinski definition) is 1. The quantitative estimate of drug-likeness (QED) is 0.529. The van der Waals surface area contributed by atoms with Crippen LogP contribution in [-0.2, 0) is 0 Å². The van der Waals surface area contributed by atoms with E-state index in [0.717, 1.165) is 0 Å². The predicted octanol–water partition coefficient (Wildman–Crippen LogP) is 1.54. The van der Waals surface area contributed by atoms with E-state index in [1.54, 1.807) is 35.0 Å². The first-order valence-electron chi connectivity index (χ1n) is 5.87. The van der Waals surface area contributed by atoms with Gasteiger partial charge in [0.15, 0.2) is 11.4 Å². The normalized spacial score (nSPS) is 11.4. The van der Waals surface area contributed by atoms with Gasteiger partial charge in [0.25, 0.3) is 5.56 Å². The molecule has 4 aromatic heterocycles. The Balaban J connectivity index is 2.10. The molecule has 0 aliphatic carbocycles. The Morgan fingerprint density at radius 2 is 2.20 bits per heavy atom. The fourth-order valence-corrected chi connectivity index (χ4v) is 2.15. The highest BCUT2D eigenvalue weighted by atomic mass is 16.5. The average Bonchev–Trinajstić information content (AvgIpc) is 3.10. The third kappa shape index (κ3) is 1.37. The molecule has 1 N–H and O–H groups in total. The van der Waals surface area contributed by atoms with E-state index in [-0.39, 0.29) is 5.39 Å². The number of aromatic nitrogens is 4. The Bertz CT molecular complexity index is 982. The van der Waals surface area contributed by atoms with Crippen molar-refractivity contribution in [1.82, 2.24) is 19.3 Å². The van der Waals surface area contributed by atoms with Crippen LogP contribution in [0.1, 0.15) is 0 Å². The lowest BCUT2D eigenvalue weighted by molar-refractivity contribution is 0.176. The van der Waals surface area contributed by atoms with Crippen LogP contribution in [-0.4, -0.2) is 24.5 Å². The minimum absolute atomic E-state index is 0.289. The van der Waals surface area contributed by atoms with Gasteiger partial charge < -0.3 is 9.62 Å². The monoisotopic (exact) mass is 268 g/mol. The van der Waals surface area contributed by atoms with Gasteiger partial charge in [0.05, 0.1) is 17.2 Å². The molecule has 4 rings (SSSR count). The van der Waals surface area contributed by atoms with Gasteiger partial charge in [0, 0.05) is 18.5 Å². The largest absolute Gasteiger partial charge is 0.463 e. The van der Waals surface area contributed by atoms with Crippen LogP contribution in [0.5, 0.6) is 0 Å². The first-order valence-corrected chi connectivity index (χ1v) is 5.87. The van der Waals surface area contributed by atoms with Crippen molar-refractivity contribution in [2.45, 2.75) is 0 Å². The predicted molar refractivity (Wildman–Crippen MR) is 69.6 cm³/mol. The van der Waals surface area contributed by atoms with Crippen molar-refractivity contribution in [3.8, 4) is 11.5 Å². The molecule has 0 aliphatic heterocycles. The lowest BCUT2D eigenvalue weighted by atomic mass is 10.3.